The molecule has 0 unspecified atom stereocenters. The van der Waals surface area contributed by atoms with Crippen LogP contribution in [0.1, 0.15) is 34.2 Å². The van der Waals surface area contributed by atoms with Crippen molar-refractivity contribution in [2.24, 2.45) is 0 Å². The Morgan fingerprint density at radius 3 is 2.95 bits per heavy atom. The molecule has 0 aliphatic carbocycles. The van der Waals surface area contributed by atoms with E-state index in [2.05, 4.69) is 30.4 Å². The van der Waals surface area contributed by atoms with Crippen LogP contribution in [0.25, 0.3) is 0 Å². The van der Waals surface area contributed by atoms with Crippen molar-refractivity contribution >= 4 is 17.2 Å². The molecule has 1 amide bonds. The molecule has 2 aromatic heterocycles. The van der Waals surface area contributed by atoms with Crippen molar-refractivity contribution in [3.63, 3.8) is 0 Å². The fourth-order valence-electron chi connectivity index (χ4n) is 2.87. The molecule has 1 aliphatic heterocycles. The minimum Gasteiger partial charge on any atom is -0.340 e. The smallest absolute Gasteiger partial charge is 0.227 e. The maximum Gasteiger partial charge on any atom is 0.227 e. The van der Waals surface area contributed by atoms with E-state index in [1.165, 1.54) is 10.4 Å². The van der Waals surface area contributed by atoms with Crippen LogP contribution in [0, 0.1) is 13.8 Å². The largest absolute Gasteiger partial charge is 0.340 e. The zero-order chi connectivity index (χ0) is 14.8. The quantitative estimate of drug-likeness (QED) is 0.874. The van der Waals surface area contributed by atoms with Gasteiger partial charge >= 0.3 is 0 Å². The molecular formula is C16H21N3OS. The molecule has 0 spiro atoms. The molecule has 1 saturated heterocycles. The normalized spacial score (nSPS) is 19.0. The molecule has 2 aromatic rings. The Labute approximate surface area is 129 Å². The Balaban J connectivity index is 1.64. The van der Waals surface area contributed by atoms with Crippen molar-refractivity contribution in [2.45, 2.75) is 39.2 Å². The van der Waals surface area contributed by atoms with Gasteiger partial charge in [0.2, 0.25) is 5.91 Å². The van der Waals surface area contributed by atoms with Gasteiger partial charge in [0, 0.05) is 29.0 Å². The van der Waals surface area contributed by atoms with Gasteiger partial charge in [0.05, 0.1) is 18.7 Å². The summed E-state index contributed by atoms with van der Waals surface area (Å²) in [5.74, 6) is 0.241. The second-order valence-electron chi connectivity index (χ2n) is 5.82. The number of piperidine rings is 1. The fraction of sp³-hybridized carbons (Fsp3) is 0.500. The summed E-state index contributed by atoms with van der Waals surface area (Å²) in [5.41, 5.74) is 1.17. The number of aryl methyl sites for hydroxylation is 2. The van der Waals surface area contributed by atoms with Crippen LogP contribution in [0.2, 0.25) is 0 Å². The average molecular weight is 303 g/mol. The van der Waals surface area contributed by atoms with Crippen LogP contribution in [0.15, 0.2) is 24.5 Å². The number of likely N-dealkylation sites (tertiary alicyclic amines) is 1. The minimum absolute atomic E-state index is 0.241. The number of hydrogen-bond donors (Lipinski definition) is 0. The number of aromatic nitrogens is 2. The predicted octanol–water partition coefficient (Wildman–Crippen LogP) is 2.97. The molecule has 4 nitrogen and oxygen atoms in total. The van der Waals surface area contributed by atoms with Crippen LogP contribution in [0.4, 0.5) is 0 Å². The monoisotopic (exact) mass is 303 g/mol. The van der Waals surface area contributed by atoms with E-state index in [4.69, 9.17) is 0 Å². The van der Waals surface area contributed by atoms with E-state index in [1.807, 2.05) is 22.7 Å². The van der Waals surface area contributed by atoms with E-state index >= 15 is 0 Å². The minimum atomic E-state index is 0.241. The first-order valence-electron chi connectivity index (χ1n) is 7.45. The van der Waals surface area contributed by atoms with Crippen LogP contribution >= 0.6 is 11.3 Å². The van der Waals surface area contributed by atoms with Crippen molar-refractivity contribution in [3.05, 3.63) is 39.8 Å². The van der Waals surface area contributed by atoms with Gasteiger partial charge in [0.25, 0.3) is 0 Å². The molecule has 21 heavy (non-hydrogen) atoms. The Hall–Kier alpha value is -1.62. The van der Waals surface area contributed by atoms with E-state index in [0.717, 1.165) is 30.8 Å². The van der Waals surface area contributed by atoms with Gasteiger partial charge in [-0.25, -0.2) is 0 Å². The molecule has 5 heteroatoms. The van der Waals surface area contributed by atoms with Crippen LogP contribution in [0.3, 0.4) is 0 Å². The first-order valence-corrected chi connectivity index (χ1v) is 8.27. The lowest BCUT2D eigenvalue weighted by Crippen LogP contribution is -2.41. The lowest BCUT2D eigenvalue weighted by atomic mass is 10.1. The zero-order valence-electron chi connectivity index (χ0n) is 12.6. The van der Waals surface area contributed by atoms with Gasteiger partial charge in [0.1, 0.15) is 0 Å². The van der Waals surface area contributed by atoms with Gasteiger partial charge in [0.15, 0.2) is 0 Å². The number of rotatable bonds is 3. The van der Waals surface area contributed by atoms with E-state index in [1.54, 1.807) is 11.3 Å². The van der Waals surface area contributed by atoms with Crippen LogP contribution < -0.4 is 0 Å². The second-order valence-corrected chi connectivity index (χ2v) is 7.20. The highest BCUT2D eigenvalue weighted by Crippen LogP contribution is 2.23. The van der Waals surface area contributed by atoms with Crippen molar-refractivity contribution in [1.29, 1.82) is 0 Å². The van der Waals surface area contributed by atoms with Crippen molar-refractivity contribution < 1.29 is 4.79 Å². The summed E-state index contributed by atoms with van der Waals surface area (Å²) in [6.45, 7) is 5.79. The summed E-state index contributed by atoms with van der Waals surface area (Å²) in [6.07, 6.45) is 6.64. The highest BCUT2D eigenvalue weighted by Gasteiger charge is 2.25. The Kier molecular flexibility index (Phi) is 4.10. The Morgan fingerprint density at radius 1 is 1.43 bits per heavy atom. The second kappa shape index (κ2) is 6.02. The first kappa shape index (κ1) is 14.3. The summed E-state index contributed by atoms with van der Waals surface area (Å²) < 4.78 is 2.02. The molecule has 3 rings (SSSR count). The lowest BCUT2D eigenvalue weighted by molar-refractivity contribution is -0.132. The van der Waals surface area contributed by atoms with Gasteiger partial charge in [-0.1, -0.05) is 0 Å². The van der Waals surface area contributed by atoms with Gasteiger partial charge in [-0.2, -0.15) is 5.10 Å². The molecule has 0 bridgehead atoms. The highest BCUT2D eigenvalue weighted by molar-refractivity contribution is 7.12. The standard InChI is InChI=1S/C16H21N3OS/c1-12-9-17-19(10-12)14-4-3-7-18(11-14)16(20)8-15-6-5-13(2)21-15/h5-6,9-10,14H,3-4,7-8,11H2,1-2H3/t14-/m0/s1. The predicted molar refractivity (Wildman–Crippen MR) is 84.6 cm³/mol. The third-order valence-electron chi connectivity index (χ3n) is 3.98. The fourth-order valence-corrected chi connectivity index (χ4v) is 3.75. The third-order valence-corrected chi connectivity index (χ3v) is 4.98. The molecule has 1 aliphatic rings. The molecule has 1 atom stereocenters. The summed E-state index contributed by atoms with van der Waals surface area (Å²) in [4.78, 5) is 16.9. The number of thiophene rings is 1. The molecule has 0 aromatic carbocycles. The Bertz CT molecular complexity index is 631. The SMILES string of the molecule is Cc1cnn([C@H]2CCCN(C(=O)Cc3ccc(C)s3)C2)c1. The Morgan fingerprint density at radius 2 is 2.29 bits per heavy atom. The molecule has 112 valence electrons. The molecular weight excluding hydrogens is 282 g/mol. The zero-order valence-corrected chi connectivity index (χ0v) is 13.4. The number of hydrogen-bond acceptors (Lipinski definition) is 3. The maximum atomic E-state index is 12.5. The molecule has 0 N–H and O–H groups in total. The summed E-state index contributed by atoms with van der Waals surface area (Å²) >= 11 is 1.72. The van der Waals surface area contributed by atoms with Gasteiger partial charge < -0.3 is 4.90 Å². The highest BCUT2D eigenvalue weighted by atomic mass is 32.1. The summed E-state index contributed by atoms with van der Waals surface area (Å²) in [6, 6.07) is 4.47. The van der Waals surface area contributed by atoms with Crippen molar-refractivity contribution in [2.75, 3.05) is 13.1 Å². The van der Waals surface area contributed by atoms with E-state index in [9.17, 15) is 4.79 Å². The van der Waals surface area contributed by atoms with Crippen LogP contribution in [-0.2, 0) is 11.2 Å². The molecule has 0 radical (unpaired) electrons. The van der Waals surface area contributed by atoms with E-state index in [0.29, 0.717) is 12.5 Å². The van der Waals surface area contributed by atoms with Crippen LogP contribution in [0.5, 0.6) is 0 Å². The molecule has 3 heterocycles. The number of nitrogens with zero attached hydrogens (tertiary/aromatic N) is 3. The van der Waals surface area contributed by atoms with Gasteiger partial charge in [-0.3, -0.25) is 9.48 Å². The molecule has 0 saturated carbocycles. The van der Waals surface area contributed by atoms with Gasteiger partial charge in [-0.15, -0.1) is 11.3 Å². The summed E-state index contributed by atoms with van der Waals surface area (Å²) in [7, 11) is 0. The van der Waals surface area contributed by atoms with Crippen LogP contribution in [-0.4, -0.2) is 33.7 Å². The number of amides is 1. The van der Waals surface area contributed by atoms with E-state index in [-0.39, 0.29) is 5.91 Å². The third kappa shape index (κ3) is 3.35. The topological polar surface area (TPSA) is 38.1 Å². The maximum absolute atomic E-state index is 12.5. The summed E-state index contributed by atoms with van der Waals surface area (Å²) in [5, 5.41) is 4.40. The van der Waals surface area contributed by atoms with Crippen molar-refractivity contribution in [1.82, 2.24) is 14.7 Å². The first-order chi connectivity index (χ1) is 10.1. The number of carbonyl (C=O) groups excluding carboxylic acids is 1. The average Bonchev–Trinajstić information content (AvgIpc) is 3.08. The van der Waals surface area contributed by atoms with Crippen molar-refractivity contribution in [3.8, 4) is 0 Å². The lowest BCUT2D eigenvalue weighted by Gasteiger charge is -2.32. The van der Waals surface area contributed by atoms with E-state index < -0.39 is 0 Å². The van der Waals surface area contributed by atoms with Gasteiger partial charge in [-0.05, 0) is 44.4 Å². The molecule has 1 fully saturated rings. The number of carbonyl (C=O) groups is 1.